The molecule has 1 aromatic heterocycles. The summed E-state index contributed by atoms with van der Waals surface area (Å²) >= 11 is 0. The Morgan fingerprint density at radius 1 is 0.800 bits per heavy atom. The molecule has 0 saturated carbocycles. The van der Waals surface area contributed by atoms with E-state index in [1.165, 1.54) is 10.8 Å². The van der Waals surface area contributed by atoms with Gasteiger partial charge in [-0.05, 0) is 0 Å². The van der Waals surface area contributed by atoms with Crippen molar-refractivity contribution in [2.75, 3.05) is 0 Å². The van der Waals surface area contributed by atoms with E-state index >= 15 is 0 Å². The fraction of sp³-hybridized carbons (Fsp3) is 0.429. The molecule has 80 valence electrons. The second-order valence-electron chi connectivity index (χ2n) is 4.69. The number of fused-ring (bicyclic) bond motifs is 1. The summed E-state index contributed by atoms with van der Waals surface area (Å²) in [6.45, 7) is 8.70. The third-order valence-electron chi connectivity index (χ3n) is 2.73. The number of hydrogen-bond acceptors (Lipinski definition) is 1. The van der Waals surface area contributed by atoms with E-state index in [2.05, 4.69) is 52.0 Å². The Hall–Kier alpha value is -1.24. The van der Waals surface area contributed by atoms with E-state index in [0.717, 1.165) is 11.5 Å². The van der Waals surface area contributed by atoms with Crippen LogP contribution in [-0.2, 0) is 0 Å². The van der Waals surface area contributed by atoms with Crippen molar-refractivity contribution in [3.8, 4) is 0 Å². The molecule has 0 N–H and O–H groups in total. The Bertz CT molecular complexity index is 421. The van der Waals surface area contributed by atoms with Gasteiger partial charge in [0.1, 0.15) is 11.5 Å². The Balaban J connectivity index is 2.73. The molecule has 0 aliphatic carbocycles. The van der Waals surface area contributed by atoms with Crippen LogP contribution in [0.1, 0.15) is 51.1 Å². The van der Waals surface area contributed by atoms with Crippen LogP contribution in [0.25, 0.3) is 10.8 Å². The molecule has 0 fully saturated rings. The second kappa shape index (κ2) is 3.73. The molecule has 0 atom stereocenters. The monoisotopic (exact) mass is 202 g/mol. The van der Waals surface area contributed by atoms with E-state index < -0.39 is 0 Å². The molecule has 0 amide bonds. The van der Waals surface area contributed by atoms with Gasteiger partial charge in [-0.2, -0.15) is 0 Å². The minimum absolute atomic E-state index is 0.447. The van der Waals surface area contributed by atoms with Crippen LogP contribution in [0.3, 0.4) is 0 Å². The lowest BCUT2D eigenvalue weighted by Gasteiger charge is -2.01. The number of hydrogen-bond donors (Lipinski definition) is 0. The van der Waals surface area contributed by atoms with Gasteiger partial charge in [0.15, 0.2) is 0 Å². The minimum atomic E-state index is 0.447. The van der Waals surface area contributed by atoms with Crippen LogP contribution < -0.4 is 0 Å². The highest BCUT2D eigenvalue weighted by Crippen LogP contribution is 2.34. The molecule has 1 heterocycles. The Morgan fingerprint density at radius 3 is 1.53 bits per heavy atom. The van der Waals surface area contributed by atoms with Gasteiger partial charge in [0, 0.05) is 22.6 Å². The van der Waals surface area contributed by atoms with Gasteiger partial charge in [-0.1, -0.05) is 52.0 Å². The lowest BCUT2D eigenvalue weighted by Crippen LogP contribution is -1.84. The first-order valence-electron chi connectivity index (χ1n) is 5.62. The third-order valence-corrected chi connectivity index (χ3v) is 2.73. The number of furan rings is 1. The molecule has 15 heavy (non-hydrogen) atoms. The first-order chi connectivity index (χ1) is 7.11. The summed E-state index contributed by atoms with van der Waals surface area (Å²) < 4.78 is 5.99. The lowest BCUT2D eigenvalue weighted by atomic mass is 10.0. The van der Waals surface area contributed by atoms with Gasteiger partial charge in [-0.3, -0.25) is 0 Å². The van der Waals surface area contributed by atoms with Crippen LogP contribution in [0.15, 0.2) is 28.7 Å². The molecule has 0 bridgehead atoms. The summed E-state index contributed by atoms with van der Waals surface area (Å²) in [5, 5.41) is 2.55. The first kappa shape index (κ1) is 10.3. The lowest BCUT2D eigenvalue weighted by molar-refractivity contribution is 0.438. The summed E-state index contributed by atoms with van der Waals surface area (Å²) in [7, 11) is 0. The molecule has 1 heteroatoms. The van der Waals surface area contributed by atoms with Crippen molar-refractivity contribution in [2.24, 2.45) is 0 Å². The fourth-order valence-electron chi connectivity index (χ4n) is 2.00. The highest BCUT2D eigenvalue weighted by Gasteiger charge is 2.16. The highest BCUT2D eigenvalue weighted by molar-refractivity contribution is 5.87. The molecule has 0 saturated heterocycles. The molecule has 0 spiro atoms. The molecule has 1 nitrogen and oxygen atoms in total. The predicted octanol–water partition coefficient (Wildman–Crippen LogP) is 4.68. The summed E-state index contributed by atoms with van der Waals surface area (Å²) in [6.07, 6.45) is 0. The highest BCUT2D eigenvalue weighted by atomic mass is 16.3. The number of benzene rings is 1. The van der Waals surface area contributed by atoms with E-state index in [9.17, 15) is 0 Å². The van der Waals surface area contributed by atoms with E-state index in [1.54, 1.807) is 0 Å². The third kappa shape index (κ3) is 1.67. The maximum Gasteiger partial charge on any atom is 0.114 e. The molecular formula is C14H18O. The quantitative estimate of drug-likeness (QED) is 0.689. The Labute approximate surface area is 91.1 Å². The van der Waals surface area contributed by atoms with Crippen LogP contribution in [0.4, 0.5) is 0 Å². The van der Waals surface area contributed by atoms with Crippen molar-refractivity contribution in [2.45, 2.75) is 39.5 Å². The van der Waals surface area contributed by atoms with Crippen molar-refractivity contribution < 1.29 is 4.42 Å². The molecule has 1 aromatic carbocycles. The van der Waals surface area contributed by atoms with Gasteiger partial charge in [0.05, 0.1) is 0 Å². The van der Waals surface area contributed by atoms with Crippen molar-refractivity contribution in [3.63, 3.8) is 0 Å². The topological polar surface area (TPSA) is 13.1 Å². The van der Waals surface area contributed by atoms with Gasteiger partial charge in [-0.15, -0.1) is 0 Å². The molecule has 0 radical (unpaired) electrons. The van der Waals surface area contributed by atoms with Crippen LogP contribution >= 0.6 is 0 Å². The van der Waals surface area contributed by atoms with Crippen LogP contribution in [0.2, 0.25) is 0 Å². The zero-order valence-corrected chi connectivity index (χ0v) is 9.87. The summed E-state index contributed by atoms with van der Waals surface area (Å²) in [6, 6.07) is 8.46. The van der Waals surface area contributed by atoms with Crippen molar-refractivity contribution in [3.05, 3.63) is 35.8 Å². The van der Waals surface area contributed by atoms with E-state index in [1.807, 2.05) is 0 Å². The maximum atomic E-state index is 5.99. The smallest absolute Gasteiger partial charge is 0.114 e. The largest absolute Gasteiger partial charge is 0.464 e. The van der Waals surface area contributed by atoms with Crippen molar-refractivity contribution >= 4 is 10.8 Å². The summed E-state index contributed by atoms with van der Waals surface area (Å²) in [4.78, 5) is 0. The van der Waals surface area contributed by atoms with Gasteiger partial charge >= 0.3 is 0 Å². The second-order valence-corrected chi connectivity index (χ2v) is 4.69. The zero-order valence-electron chi connectivity index (χ0n) is 9.87. The van der Waals surface area contributed by atoms with Crippen LogP contribution in [0, 0.1) is 0 Å². The molecule has 0 aliphatic heterocycles. The van der Waals surface area contributed by atoms with Crippen molar-refractivity contribution in [1.82, 2.24) is 0 Å². The molecule has 0 unspecified atom stereocenters. The van der Waals surface area contributed by atoms with Gasteiger partial charge in [0.25, 0.3) is 0 Å². The van der Waals surface area contributed by atoms with Gasteiger partial charge < -0.3 is 4.42 Å². The zero-order chi connectivity index (χ0) is 11.0. The van der Waals surface area contributed by atoms with E-state index in [-0.39, 0.29) is 0 Å². The first-order valence-corrected chi connectivity index (χ1v) is 5.62. The minimum Gasteiger partial charge on any atom is -0.464 e. The normalized spacial score (nSPS) is 11.9. The average Bonchev–Trinajstić information content (AvgIpc) is 2.56. The Morgan fingerprint density at radius 2 is 1.20 bits per heavy atom. The SMILES string of the molecule is CC(C)c1oc(C(C)C)c2ccccc12. The Kier molecular flexibility index (Phi) is 2.56. The molecule has 2 rings (SSSR count). The molecule has 2 aromatic rings. The van der Waals surface area contributed by atoms with Crippen LogP contribution in [-0.4, -0.2) is 0 Å². The van der Waals surface area contributed by atoms with Crippen LogP contribution in [0.5, 0.6) is 0 Å². The maximum absolute atomic E-state index is 5.99. The van der Waals surface area contributed by atoms with E-state index in [0.29, 0.717) is 11.8 Å². The van der Waals surface area contributed by atoms with Gasteiger partial charge in [0.2, 0.25) is 0 Å². The summed E-state index contributed by atoms with van der Waals surface area (Å²) in [5.74, 6) is 3.13. The standard InChI is InChI=1S/C14H18O/c1-9(2)13-11-7-5-6-8-12(11)14(15-13)10(3)4/h5-10H,1-4H3. The van der Waals surface area contributed by atoms with Gasteiger partial charge in [-0.25, -0.2) is 0 Å². The van der Waals surface area contributed by atoms with Crippen molar-refractivity contribution in [1.29, 1.82) is 0 Å². The molecule has 0 aliphatic rings. The predicted molar refractivity (Wildman–Crippen MR) is 64.4 cm³/mol. The number of rotatable bonds is 2. The summed E-state index contributed by atoms with van der Waals surface area (Å²) in [5.41, 5.74) is 0. The van der Waals surface area contributed by atoms with E-state index in [4.69, 9.17) is 4.42 Å². The average molecular weight is 202 g/mol. The fourth-order valence-corrected chi connectivity index (χ4v) is 2.00. The molecular weight excluding hydrogens is 184 g/mol.